The molecule has 0 saturated heterocycles. The van der Waals surface area contributed by atoms with E-state index in [1.807, 2.05) is 0 Å². The van der Waals surface area contributed by atoms with E-state index < -0.39 is 11.5 Å². The third-order valence-electron chi connectivity index (χ3n) is 1.35. The third kappa shape index (κ3) is 3.95. The molecule has 0 heterocycles. The minimum atomic E-state index is -0.986. The maximum Gasteiger partial charge on any atom is 0.323 e. The van der Waals surface area contributed by atoms with Crippen LogP contribution in [0.25, 0.3) is 0 Å². The molecule has 0 saturated carbocycles. The fourth-order valence-electron chi connectivity index (χ4n) is 0.420. The Hall–Kier alpha value is -0.250. The Morgan fingerprint density at radius 1 is 1.67 bits per heavy atom. The molecule has 0 aromatic carbocycles. The van der Waals surface area contributed by atoms with Crippen LogP contribution in [0.4, 0.5) is 0 Å². The zero-order valence-electron chi connectivity index (χ0n) is 6.90. The van der Waals surface area contributed by atoms with E-state index in [4.69, 9.17) is 28.3 Å². The van der Waals surface area contributed by atoms with Crippen molar-refractivity contribution in [1.29, 1.82) is 0 Å². The van der Waals surface area contributed by atoms with Gasteiger partial charge in [-0.1, -0.05) is 23.2 Å². The number of carbonyl (C=O) groups is 1. The molecular formula is C7H11Cl2NO2. The highest BCUT2D eigenvalue weighted by atomic mass is 35.5. The quantitative estimate of drug-likeness (QED) is 0.746. The average Bonchev–Trinajstić information content (AvgIpc) is 2.00. The van der Waals surface area contributed by atoms with Crippen LogP contribution >= 0.6 is 23.2 Å². The molecule has 0 amide bonds. The summed E-state index contributed by atoms with van der Waals surface area (Å²) in [6, 6.07) is 0. The van der Waals surface area contributed by atoms with Crippen molar-refractivity contribution in [3.8, 4) is 0 Å². The Kier molecular flexibility index (Phi) is 4.60. The van der Waals surface area contributed by atoms with Gasteiger partial charge in [-0.3, -0.25) is 10.1 Å². The molecule has 0 aliphatic heterocycles. The molecule has 0 aromatic rings. The van der Waals surface area contributed by atoms with E-state index in [-0.39, 0.29) is 6.54 Å². The average molecular weight is 212 g/mol. The molecular weight excluding hydrogens is 201 g/mol. The summed E-state index contributed by atoms with van der Waals surface area (Å²) in [4.78, 5) is 10.6. The maximum absolute atomic E-state index is 10.6. The first-order valence-corrected chi connectivity index (χ1v) is 4.15. The van der Waals surface area contributed by atoms with Gasteiger partial charge in [-0.2, -0.15) is 0 Å². The number of hydrogen-bond acceptors (Lipinski definition) is 2. The smallest absolute Gasteiger partial charge is 0.323 e. The van der Waals surface area contributed by atoms with Crippen molar-refractivity contribution in [3.63, 3.8) is 0 Å². The highest BCUT2D eigenvalue weighted by Gasteiger charge is 2.25. The van der Waals surface area contributed by atoms with Crippen LogP contribution in [0.3, 0.4) is 0 Å². The van der Waals surface area contributed by atoms with Gasteiger partial charge < -0.3 is 5.11 Å². The molecule has 0 aliphatic rings. The lowest BCUT2D eigenvalue weighted by molar-refractivity contribution is -0.143. The van der Waals surface area contributed by atoms with E-state index >= 15 is 0 Å². The van der Waals surface area contributed by atoms with Crippen LogP contribution < -0.4 is 5.32 Å². The van der Waals surface area contributed by atoms with E-state index in [1.165, 1.54) is 5.54 Å². The van der Waals surface area contributed by atoms with Crippen LogP contribution in [0, 0.1) is 0 Å². The largest absolute Gasteiger partial charge is 0.480 e. The van der Waals surface area contributed by atoms with Crippen LogP contribution in [0.2, 0.25) is 0 Å². The van der Waals surface area contributed by atoms with Crippen LogP contribution in [0.15, 0.2) is 10.6 Å². The Morgan fingerprint density at radius 3 is 2.50 bits per heavy atom. The monoisotopic (exact) mass is 211 g/mol. The first-order chi connectivity index (χ1) is 5.40. The van der Waals surface area contributed by atoms with Gasteiger partial charge in [0.2, 0.25) is 0 Å². The number of carboxylic acids is 1. The molecule has 70 valence electrons. The number of halogens is 2. The van der Waals surface area contributed by atoms with Crippen molar-refractivity contribution in [3.05, 3.63) is 10.6 Å². The predicted octanol–water partition coefficient (Wildman–Crippen LogP) is 1.76. The number of carboxylic acid groups (broad SMARTS) is 1. The molecule has 0 spiro atoms. The molecule has 0 atom stereocenters. The number of hydrogen-bond donors (Lipinski definition) is 2. The fourth-order valence-corrected chi connectivity index (χ4v) is 0.564. The van der Waals surface area contributed by atoms with Crippen LogP contribution in [0.5, 0.6) is 0 Å². The van der Waals surface area contributed by atoms with Crippen molar-refractivity contribution < 1.29 is 9.90 Å². The zero-order chi connectivity index (χ0) is 9.78. The van der Waals surface area contributed by atoms with Gasteiger partial charge in [0.25, 0.3) is 0 Å². The summed E-state index contributed by atoms with van der Waals surface area (Å²) in [5.41, 5.74) is 0.215. The van der Waals surface area contributed by atoms with Crippen LogP contribution in [-0.4, -0.2) is 23.2 Å². The van der Waals surface area contributed by atoms with Crippen molar-refractivity contribution >= 4 is 29.2 Å². The highest BCUT2D eigenvalue weighted by Crippen LogP contribution is 2.06. The minimum absolute atomic E-state index is 0.254. The lowest BCUT2D eigenvalue weighted by Crippen LogP contribution is -2.47. The molecule has 12 heavy (non-hydrogen) atoms. The van der Waals surface area contributed by atoms with Crippen LogP contribution in [0.1, 0.15) is 13.8 Å². The minimum Gasteiger partial charge on any atom is -0.480 e. The summed E-state index contributed by atoms with van der Waals surface area (Å²) in [7, 11) is 0. The molecule has 0 rings (SSSR count). The lowest BCUT2D eigenvalue weighted by atomic mass is 10.1. The molecule has 3 nitrogen and oxygen atoms in total. The third-order valence-corrected chi connectivity index (χ3v) is 1.97. The molecule has 0 unspecified atom stereocenters. The normalized spacial score (nSPS) is 13.2. The molecule has 0 bridgehead atoms. The summed E-state index contributed by atoms with van der Waals surface area (Å²) in [6.07, 6.45) is 0. The summed E-state index contributed by atoms with van der Waals surface area (Å²) in [5, 5.41) is 11.8. The number of nitrogens with one attached hydrogen (secondary N) is 1. The van der Waals surface area contributed by atoms with E-state index in [0.717, 1.165) is 0 Å². The predicted molar refractivity (Wildman–Crippen MR) is 49.5 cm³/mol. The van der Waals surface area contributed by atoms with Crippen LogP contribution in [-0.2, 0) is 4.79 Å². The van der Waals surface area contributed by atoms with E-state index in [0.29, 0.717) is 5.03 Å². The van der Waals surface area contributed by atoms with Crippen molar-refractivity contribution in [1.82, 2.24) is 5.32 Å². The van der Waals surface area contributed by atoms with Gasteiger partial charge in [0.15, 0.2) is 0 Å². The van der Waals surface area contributed by atoms with Gasteiger partial charge in [-0.25, -0.2) is 0 Å². The molecule has 5 heteroatoms. The van der Waals surface area contributed by atoms with Gasteiger partial charge in [0, 0.05) is 17.1 Å². The van der Waals surface area contributed by atoms with Crippen molar-refractivity contribution in [2.75, 3.05) is 6.54 Å². The van der Waals surface area contributed by atoms with Gasteiger partial charge in [0.05, 0.1) is 0 Å². The second-order valence-corrected chi connectivity index (χ2v) is 3.54. The fraction of sp³-hybridized carbons (Fsp3) is 0.571. The Morgan fingerprint density at radius 2 is 2.17 bits per heavy atom. The number of rotatable bonds is 4. The van der Waals surface area contributed by atoms with E-state index in [2.05, 4.69) is 5.32 Å². The SMILES string of the molecule is CC(C)(NCC(Cl)=CCl)C(=O)O. The number of aliphatic carboxylic acids is 1. The van der Waals surface area contributed by atoms with Gasteiger partial charge in [-0.05, 0) is 13.8 Å². The summed E-state index contributed by atoms with van der Waals surface area (Å²) in [5.74, 6) is -0.929. The van der Waals surface area contributed by atoms with Gasteiger partial charge in [-0.15, -0.1) is 0 Å². The first-order valence-electron chi connectivity index (χ1n) is 3.33. The molecule has 0 aliphatic carbocycles. The molecule has 2 N–H and O–H groups in total. The lowest BCUT2D eigenvalue weighted by Gasteiger charge is -2.20. The van der Waals surface area contributed by atoms with Crippen molar-refractivity contribution in [2.24, 2.45) is 0 Å². The maximum atomic E-state index is 10.6. The molecule has 0 radical (unpaired) electrons. The summed E-state index contributed by atoms with van der Waals surface area (Å²) < 4.78 is 0. The Labute approximate surface area is 81.4 Å². The highest BCUT2D eigenvalue weighted by molar-refractivity contribution is 6.36. The Balaban J connectivity index is 4.01. The van der Waals surface area contributed by atoms with E-state index in [9.17, 15) is 4.79 Å². The second-order valence-electron chi connectivity index (χ2n) is 2.84. The Bertz CT molecular complexity index is 202. The molecule has 0 fully saturated rings. The summed E-state index contributed by atoms with van der Waals surface area (Å²) >= 11 is 10.8. The standard InChI is InChI=1S/C7H11Cl2NO2/c1-7(2,6(11)12)10-4-5(9)3-8/h3,10H,4H2,1-2H3,(H,11,12). The van der Waals surface area contributed by atoms with Gasteiger partial charge in [0.1, 0.15) is 5.54 Å². The van der Waals surface area contributed by atoms with Crippen molar-refractivity contribution in [2.45, 2.75) is 19.4 Å². The second kappa shape index (κ2) is 4.70. The van der Waals surface area contributed by atoms with Gasteiger partial charge >= 0.3 is 5.97 Å². The molecule has 0 aromatic heterocycles. The first kappa shape index (κ1) is 11.8. The van der Waals surface area contributed by atoms with E-state index in [1.54, 1.807) is 13.8 Å². The topological polar surface area (TPSA) is 49.3 Å². The zero-order valence-corrected chi connectivity index (χ0v) is 8.41. The summed E-state index contributed by atoms with van der Waals surface area (Å²) in [6.45, 7) is 3.35.